The Balaban J connectivity index is 3.21. The van der Waals surface area contributed by atoms with E-state index >= 15 is 0 Å². The second-order valence-corrected chi connectivity index (χ2v) is 4.93. The summed E-state index contributed by atoms with van der Waals surface area (Å²) in [5.74, 6) is 4.33. The molecule has 0 atom stereocenters. The van der Waals surface area contributed by atoms with Crippen molar-refractivity contribution < 1.29 is 19.6 Å². The number of nitrogens with zero attached hydrogens (tertiary/aromatic N) is 1. The predicted molar refractivity (Wildman–Crippen MR) is 65.5 cm³/mol. The lowest BCUT2D eigenvalue weighted by atomic mass is 10.1. The molecule has 0 bridgehead atoms. The van der Waals surface area contributed by atoms with E-state index in [9.17, 15) is 20.0 Å². The molecule has 1 rings (SSSR count). The van der Waals surface area contributed by atoms with Gasteiger partial charge in [0.2, 0.25) is 0 Å². The van der Waals surface area contributed by atoms with Gasteiger partial charge in [-0.05, 0) is 13.8 Å². The highest BCUT2D eigenvalue weighted by molar-refractivity contribution is 7.15. The maximum Gasteiger partial charge on any atom is 0.355 e. The van der Waals surface area contributed by atoms with Gasteiger partial charge in [0.15, 0.2) is 4.88 Å². The van der Waals surface area contributed by atoms with Crippen LogP contribution in [0.3, 0.4) is 0 Å². The summed E-state index contributed by atoms with van der Waals surface area (Å²) in [5.41, 5.74) is -1.55. The summed E-state index contributed by atoms with van der Waals surface area (Å²) in [7, 11) is 1.15. The normalized spacial score (nSPS) is 10.4. The summed E-state index contributed by atoms with van der Waals surface area (Å²) >= 11 is 0.860. The molecule has 7 heteroatoms. The quantitative estimate of drug-likeness (QED) is 0.381. The van der Waals surface area contributed by atoms with Gasteiger partial charge in [0.1, 0.15) is 5.60 Å². The third-order valence-electron chi connectivity index (χ3n) is 1.77. The molecule has 0 aliphatic carbocycles. The number of carbonyl (C=O) groups is 1. The van der Waals surface area contributed by atoms with Gasteiger partial charge in [-0.3, -0.25) is 10.1 Å². The topological polar surface area (TPSA) is 89.7 Å². The zero-order valence-corrected chi connectivity index (χ0v) is 10.8. The molecule has 1 aromatic heterocycles. The Morgan fingerprint density at radius 3 is 2.67 bits per heavy atom. The summed E-state index contributed by atoms with van der Waals surface area (Å²) in [5, 5.41) is 20.2. The van der Waals surface area contributed by atoms with E-state index in [0.717, 1.165) is 18.4 Å². The number of ether oxygens (including phenoxy) is 1. The highest BCUT2D eigenvalue weighted by Crippen LogP contribution is 2.29. The fourth-order valence-corrected chi connectivity index (χ4v) is 1.93. The van der Waals surface area contributed by atoms with Crippen molar-refractivity contribution in [2.75, 3.05) is 7.11 Å². The van der Waals surface area contributed by atoms with E-state index in [4.69, 9.17) is 0 Å². The van der Waals surface area contributed by atoms with Gasteiger partial charge in [-0.2, -0.15) is 0 Å². The molecule has 0 fully saturated rings. The van der Waals surface area contributed by atoms with Crippen LogP contribution in [0, 0.1) is 22.0 Å². The van der Waals surface area contributed by atoms with Crippen molar-refractivity contribution in [1.29, 1.82) is 0 Å². The van der Waals surface area contributed by atoms with E-state index in [-0.39, 0.29) is 10.6 Å². The molecule has 0 aliphatic rings. The van der Waals surface area contributed by atoms with E-state index < -0.39 is 16.5 Å². The zero-order valence-electron chi connectivity index (χ0n) is 10.0. The summed E-state index contributed by atoms with van der Waals surface area (Å²) in [6.45, 7) is 2.98. The molecule has 18 heavy (non-hydrogen) atoms. The van der Waals surface area contributed by atoms with Crippen LogP contribution in [0.25, 0.3) is 0 Å². The Kier molecular flexibility index (Phi) is 4.06. The van der Waals surface area contributed by atoms with Crippen LogP contribution in [0.15, 0.2) is 6.07 Å². The van der Waals surface area contributed by atoms with Gasteiger partial charge in [0.25, 0.3) is 5.69 Å². The average molecular weight is 269 g/mol. The minimum atomic E-state index is -1.20. The predicted octanol–water partition coefficient (Wildman–Crippen LogP) is 1.57. The molecule has 96 valence electrons. The maximum atomic E-state index is 11.3. The van der Waals surface area contributed by atoms with Crippen LogP contribution in [0.1, 0.15) is 28.4 Å². The van der Waals surface area contributed by atoms with Crippen LogP contribution in [0.2, 0.25) is 0 Å². The number of nitro groups is 1. The molecule has 0 amide bonds. The fraction of sp³-hybridized carbons (Fsp3) is 0.364. The molecule has 0 radical (unpaired) electrons. The van der Waals surface area contributed by atoms with Crippen LogP contribution in [0.4, 0.5) is 5.69 Å². The Labute approximate surface area is 107 Å². The van der Waals surface area contributed by atoms with Gasteiger partial charge in [-0.15, -0.1) is 11.3 Å². The third-order valence-corrected chi connectivity index (χ3v) is 2.79. The summed E-state index contributed by atoms with van der Waals surface area (Å²) < 4.78 is 4.46. The van der Waals surface area contributed by atoms with E-state index in [1.54, 1.807) is 0 Å². The second-order valence-electron chi connectivity index (χ2n) is 3.88. The van der Waals surface area contributed by atoms with Crippen molar-refractivity contribution in [1.82, 2.24) is 0 Å². The van der Waals surface area contributed by atoms with Gasteiger partial charge in [-0.25, -0.2) is 4.79 Å². The molecule has 1 aromatic rings. The molecule has 1 N–H and O–H groups in total. The molecule has 6 nitrogen and oxygen atoms in total. The maximum absolute atomic E-state index is 11.3. The first-order chi connectivity index (χ1) is 8.24. The van der Waals surface area contributed by atoms with Crippen LogP contribution in [0.5, 0.6) is 0 Å². The zero-order chi connectivity index (χ0) is 13.9. The third kappa shape index (κ3) is 3.55. The highest BCUT2D eigenvalue weighted by atomic mass is 32.1. The number of thiophene rings is 1. The summed E-state index contributed by atoms with van der Waals surface area (Å²) in [4.78, 5) is 21.6. The SMILES string of the molecule is COC(=O)c1sc(C#CC(C)(C)O)cc1[N+](=O)[O-]. The number of methoxy groups -OCH3 is 1. The number of aliphatic hydroxyl groups is 1. The number of esters is 1. The van der Waals surface area contributed by atoms with Gasteiger partial charge in [0, 0.05) is 6.07 Å². The Hall–Kier alpha value is -1.91. The lowest BCUT2D eigenvalue weighted by Gasteiger charge is -2.05. The summed E-state index contributed by atoms with van der Waals surface area (Å²) in [6.07, 6.45) is 0. The first-order valence-corrected chi connectivity index (χ1v) is 5.68. The van der Waals surface area contributed by atoms with Crippen molar-refractivity contribution >= 4 is 23.0 Å². The van der Waals surface area contributed by atoms with Crippen molar-refractivity contribution in [2.24, 2.45) is 0 Å². The lowest BCUT2D eigenvalue weighted by molar-refractivity contribution is -0.384. The second kappa shape index (κ2) is 5.16. The monoisotopic (exact) mass is 269 g/mol. The van der Waals surface area contributed by atoms with Crippen molar-refractivity contribution in [3.05, 3.63) is 25.9 Å². The molecule has 1 heterocycles. The van der Waals surface area contributed by atoms with Crippen LogP contribution < -0.4 is 0 Å². The van der Waals surface area contributed by atoms with Crippen LogP contribution >= 0.6 is 11.3 Å². The van der Waals surface area contributed by atoms with Crippen LogP contribution in [-0.4, -0.2) is 28.7 Å². The molecular formula is C11H11NO5S. The Morgan fingerprint density at radius 2 is 2.22 bits per heavy atom. The number of hydrogen-bond donors (Lipinski definition) is 1. The molecule has 0 saturated heterocycles. The highest BCUT2D eigenvalue weighted by Gasteiger charge is 2.25. The minimum absolute atomic E-state index is 0.109. The van der Waals surface area contributed by atoms with Gasteiger partial charge in [0.05, 0.1) is 16.9 Å². The molecule has 0 spiro atoms. The van der Waals surface area contributed by atoms with E-state index in [1.807, 2.05) is 0 Å². The molecule has 0 aliphatic heterocycles. The standard InChI is InChI=1S/C11H11NO5S/c1-11(2,14)5-4-7-6-8(12(15)16)9(18-7)10(13)17-3/h6,14H,1-3H3. The smallest absolute Gasteiger partial charge is 0.355 e. The minimum Gasteiger partial charge on any atom is -0.465 e. The molecule has 0 unspecified atom stereocenters. The first kappa shape index (κ1) is 14.2. The fourth-order valence-electron chi connectivity index (χ4n) is 1.03. The summed E-state index contributed by atoms with van der Waals surface area (Å²) in [6, 6.07) is 1.19. The lowest BCUT2D eigenvalue weighted by Crippen LogP contribution is -2.14. The largest absolute Gasteiger partial charge is 0.465 e. The number of carbonyl (C=O) groups excluding carboxylic acids is 1. The van der Waals surface area contributed by atoms with Gasteiger partial charge >= 0.3 is 5.97 Å². The number of rotatable bonds is 2. The molecule has 0 aromatic carbocycles. The van der Waals surface area contributed by atoms with Crippen molar-refractivity contribution in [3.8, 4) is 11.8 Å². The van der Waals surface area contributed by atoms with Crippen molar-refractivity contribution in [2.45, 2.75) is 19.4 Å². The Morgan fingerprint density at radius 1 is 1.61 bits per heavy atom. The molecule has 0 saturated carbocycles. The van der Waals surface area contributed by atoms with Gasteiger partial charge in [-0.1, -0.05) is 11.8 Å². The molecular weight excluding hydrogens is 258 g/mol. The number of hydrogen-bond acceptors (Lipinski definition) is 6. The van der Waals surface area contributed by atoms with Gasteiger partial charge < -0.3 is 9.84 Å². The Bertz CT molecular complexity index is 544. The van der Waals surface area contributed by atoms with E-state index in [1.165, 1.54) is 19.9 Å². The van der Waals surface area contributed by atoms with E-state index in [0.29, 0.717) is 4.88 Å². The van der Waals surface area contributed by atoms with Crippen molar-refractivity contribution in [3.63, 3.8) is 0 Å². The van der Waals surface area contributed by atoms with E-state index in [2.05, 4.69) is 16.6 Å². The van der Waals surface area contributed by atoms with Crippen LogP contribution in [-0.2, 0) is 4.74 Å². The average Bonchev–Trinajstić information content (AvgIpc) is 2.68. The first-order valence-electron chi connectivity index (χ1n) is 4.86.